The highest BCUT2D eigenvalue weighted by Crippen LogP contribution is 2.29. The third-order valence-electron chi connectivity index (χ3n) is 3.24. The highest BCUT2D eigenvalue weighted by Gasteiger charge is 2.29. The number of ether oxygens (including phenoxy) is 1. The van der Waals surface area contributed by atoms with E-state index in [-0.39, 0.29) is 12.2 Å². The molecule has 0 radical (unpaired) electrons. The van der Waals surface area contributed by atoms with Crippen molar-refractivity contribution in [2.24, 2.45) is 0 Å². The Hall–Kier alpha value is -2.84. The summed E-state index contributed by atoms with van der Waals surface area (Å²) >= 11 is 0. The maximum absolute atomic E-state index is 12.4. The summed E-state index contributed by atoms with van der Waals surface area (Å²) in [5, 5.41) is 6.45. The van der Waals surface area contributed by atoms with E-state index < -0.39 is 30.2 Å². The van der Waals surface area contributed by atoms with Crippen LogP contribution in [0, 0.1) is 13.8 Å². The topological polar surface area (TPSA) is 73.2 Å². The number of hydrogen-bond acceptors (Lipinski definition) is 4. The van der Waals surface area contributed by atoms with Gasteiger partial charge in [-0.15, -0.1) is 0 Å². The number of esters is 1. The van der Waals surface area contributed by atoms with Crippen LogP contribution in [0.15, 0.2) is 30.3 Å². The summed E-state index contributed by atoms with van der Waals surface area (Å²) in [5.41, 5.74) is 0.892. The number of hydrogen-bond donors (Lipinski definition) is 1. The van der Waals surface area contributed by atoms with Crippen molar-refractivity contribution in [3.05, 3.63) is 47.3 Å². The third-order valence-corrected chi connectivity index (χ3v) is 3.24. The maximum atomic E-state index is 12.4. The van der Waals surface area contributed by atoms with Crippen LogP contribution in [0.5, 0.6) is 0 Å². The van der Waals surface area contributed by atoms with Gasteiger partial charge in [-0.05, 0) is 44.2 Å². The van der Waals surface area contributed by atoms with E-state index in [9.17, 15) is 22.8 Å². The molecule has 0 aliphatic rings. The lowest BCUT2D eigenvalue weighted by Crippen LogP contribution is -2.23. The van der Waals surface area contributed by atoms with Crippen molar-refractivity contribution in [3.8, 4) is 0 Å². The average Bonchev–Trinajstić information content (AvgIpc) is 2.82. The van der Waals surface area contributed by atoms with Crippen LogP contribution < -0.4 is 5.32 Å². The number of carbonyl (C=O) groups excluding carboxylic acids is 2. The average molecular weight is 355 g/mol. The smallest absolute Gasteiger partial charge is 0.416 e. The molecule has 0 unspecified atom stereocenters. The van der Waals surface area contributed by atoms with Gasteiger partial charge in [-0.1, -0.05) is 0 Å². The quantitative estimate of drug-likeness (QED) is 0.837. The summed E-state index contributed by atoms with van der Waals surface area (Å²) in [4.78, 5) is 23.4. The largest absolute Gasteiger partial charge is 0.454 e. The van der Waals surface area contributed by atoms with Crippen molar-refractivity contribution in [3.63, 3.8) is 0 Å². The zero-order valence-electron chi connectivity index (χ0n) is 13.6. The van der Waals surface area contributed by atoms with Gasteiger partial charge < -0.3 is 10.1 Å². The number of rotatable bonds is 5. The number of nitrogens with one attached hydrogen (secondary N) is 1. The summed E-state index contributed by atoms with van der Waals surface area (Å²) in [5.74, 6) is -1.30. The molecule has 134 valence electrons. The predicted octanol–water partition coefficient (Wildman–Crippen LogP) is 2.70. The van der Waals surface area contributed by atoms with E-state index >= 15 is 0 Å². The van der Waals surface area contributed by atoms with Gasteiger partial charge in [-0.2, -0.15) is 18.3 Å². The minimum Gasteiger partial charge on any atom is -0.454 e. The van der Waals surface area contributed by atoms with Crippen molar-refractivity contribution in [1.29, 1.82) is 0 Å². The first-order chi connectivity index (χ1) is 11.6. The summed E-state index contributed by atoms with van der Waals surface area (Å²) in [6.07, 6.45) is -4.44. The SMILES string of the molecule is Cc1cc(C)n(CC(=O)OCC(=O)Nc2ccc(C(F)(F)F)cc2)n1. The molecule has 0 bridgehead atoms. The second kappa shape index (κ2) is 7.37. The lowest BCUT2D eigenvalue weighted by atomic mass is 10.2. The molecule has 0 spiro atoms. The lowest BCUT2D eigenvalue weighted by molar-refractivity contribution is -0.148. The van der Waals surface area contributed by atoms with Crippen LogP contribution in [-0.2, 0) is 27.0 Å². The van der Waals surface area contributed by atoms with Crippen molar-refractivity contribution in [2.75, 3.05) is 11.9 Å². The molecule has 1 amide bonds. The molecule has 0 fully saturated rings. The number of aryl methyl sites for hydroxylation is 2. The fourth-order valence-electron chi connectivity index (χ4n) is 2.09. The summed E-state index contributed by atoms with van der Waals surface area (Å²) in [6.45, 7) is 2.89. The number of carbonyl (C=O) groups is 2. The monoisotopic (exact) mass is 355 g/mol. The molecule has 6 nitrogen and oxygen atoms in total. The van der Waals surface area contributed by atoms with E-state index in [4.69, 9.17) is 4.74 Å². The van der Waals surface area contributed by atoms with Crippen LogP contribution in [0.2, 0.25) is 0 Å². The van der Waals surface area contributed by atoms with Crippen LogP contribution in [0.1, 0.15) is 17.0 Å². The Labute approximate surface area is 141 Å². The van der Waals surface area contributed by atoms with E-state index in [0.717, 1.165) is 35.7 Å². The number of anilines is 1. The van der Waals surface area contributed by atoms with Crippen molar-refractivity contribution < 1.29 is 27.5 Å². The van der Waals surface area contributed by atoms with Gasteiger partial charge in [0.05, 0.1) is 11.3 Å². The first-order valence-corrected chi connectivity index (χ1v) is 7.29. The Kier molecular flexibility index (Phi) is 5.45. The Morgan fingerprint density at radius 1 is 1.20 bits per heavy atom. The molecule has 0 atom stereocenters. The highest BCUT2D eigenvalue weighted by atomic mass is 19.4. The number of aromatic nitrogens is 2. The third kappa shape index (κ3) is 5.33. The Balaban J connectivity index is 1.82. The van der Waals surface area contributed by atoms with Gasteiger partial charge in [0.1, 0.15) is 6.54 Å². The number of amides is 1. The van der Waals surface area contributed by atoms with Crippen molar-refractivity contribution in [1.82, 2.24) is 9.78 Å². The minimum absolute atomic E-state index is 0.132. The zero-order chi connectivity index (χ0) is 18.6. The van der Waals surface area contributed by atoms with Gasteiger partial charge in [0.25, 0.3) is 5.91 Å². The van der Waals surface area contributed by atoms with Gasteiger partial charge in [0, 0.05) is 11.4 Å². The molecule has 1 N–H and O–H groups in total. The predicted molar refractivity (Wildman–Crippen MR) is 82.7 cm³/mol. The molecular formula is C16H16F3N3O3. The van der Waals surface area contributed by atoms with Gasteiger partial charge in [-0.25, -0.2) is 0 Å². The van der Waals surface area contributed by atoms with E-state index in [0.29, 0.717) is 0 Å². The number of halogens is 3. The maximum Gasteiger partial charge on any atom is 0.416 e. The van der Waals surface area contributed by atoms with Gasteiger partial charge in [-0.3, -0.25) is 14.3 Å². The Morgan fingerprint density at radius 3 is 2.36 bits per heavy atom. The Bertz CT molecular complexity index is 767. The molecule has 9 heteroatoms. The highest BCUT2D eigenvalue weighted by molar-refractivity contribution is 5.92. The van der Waals surface area contributed by atoms with Crippen LogP contribution in [0.3, 0.4) is 0 Å². The molecule has 1 aromatic heterocycles. The van der Waals surface area contributed by atoms with Crippen LogP contribution >= 0.6 is 0 Å². The number of nitrogens with zero attached hydrogens (tertiary/aromatic N) is 2. The molecule has 1 aromatic carbocycles. The molecular weight excluding hydrogens is 339 g/mol. The molecule has 0 aliphatic heterocycles. The second-order valence-corrected chi connectivity index (χ2v) is 5.37. The molecule has 1 heterocycles. The summed E-state index contributed by atoms with van der Waals surface area (Å²) in [6, 6.07) is 5.75. The van der Waals surface area contributed by atoms with E-state index in [1.165, 1.54) is 4.68 Å². The minimum atomic E-state index is -4.44. The first kappa shape index (κ1) is 18.5. The molecule has 25 heavy (non-hydrogen) atoms. The zero-order valence-corrected chi connectivity index (χ0v) is 13.6. The second-order valence-electron chi connectivity index (χ2n) is 5.37. The standard InChI is InChI=1S/C16H16F3N3O3/c1-10-7-11(2)22(21-10)8-15(24)25-9-14(23)20-13-5-3-12(4-6-13)16(17,18)19/h3-7H,8-9H2,1-2H3,(H,20,23). The lowest BCUT2D eigenvalue weighted by Gasteiger charge is -2.09. The summed E-state index contributed by atoms with van der Waals surface area (Å²) < 4.78 is 43.6. The van der Waals surface area contributed by atoms with Gasteiger partial charge >= 0.3 is 12.1 Å². The van der Waals surface area contributed by atoms with E-state index in [1.54, 1.807) is 19.9 Å². The van der Waals surface area contributed by atoms with E-state index in [1.807, 2.05) is 0 Å². The molecule has 2 aromatic rings. The van der Waals surface area contributed by atoms with Gasteiger partial charge in [0.15, 0.2) is 6.61 Å². The van der Waals surface area contributed by atoms with Crippen LogP contribution in [-0.4, -0.2) is 28.3 Å². The van der Waals surface area contributed by atoms with Crippen LogP contribution in [0.25, 0.3) is 0 Å². The Morgan fingerprint density at radius 2 is 1.84 bits per heavy atom. The van der Waals surface area contributed by atoms with Crippen molar-refractivity contribution in [2.45, 2.75) is 26.6 Å². The normalized spacial score (nSPS) is 11.2. The first-order valence-electron chi connectivity index (χ1n) is 7.29. The molecule has 2 rings (SSSR count). The van der Waals surface area contributed by atoms with E-state index in [2.05, 4.69) is 10.4 Å². The fourth-order valence-corrected chi connectivity index (χ4v) is 2.09. The molecule has 0 saturated heterocycles. The van der Waals surface area contributed by atoms with Crippen LogP contribution in [0.4, 0.5) is 18.9 Å². The fraction of sp³-hybridized carbons (Fsp3) is 0.312. The van der Waals surface area contributed by atoms with Crippen molar-refractivity contribution >= 4 is 17.6 Å². The molecule has 0 aliphatic carbocycles. The van der Waals surface area contributed by atoms with Gasteiger partial charge in [0.2, 0.25) is 0 Å². The molecule has 0 saturated carbocycles. The summed E-state index contributed by atoms with van der Waals surface area (Å²) in [7, 11) is 0. The number of benzene rings is 1. The number of alkyl halides is 3.